The van der Waals surface area contributed by atoms with Crippen LogP contribution in [0.5, 0.6) is 0 Å². The summed E-state index contributed by atoms with van der Waals surface area (Å²) in [4.78, 5) is 0. The van der Waals surface area contributed by atoms with Crippen molar-refractivity contribution in [3.63, 3.8) is 0 Å². The molecule has 5 heteroatoms. The van der Waals surface area contributed by atoms with Crippen LogP contribution in [-0.2, 0) is 0 Å². The van der Waals surface area contributed by atoms with E-state index >= 15 is 0 Å². The second-order valence-electron chi connectivity index (χ2n) is 1.14. The van der Waals surface area contributed by atoms with Crippen molar-refractivity contribution in [2.24, 2.45) is 5.73 Å². The molecule has 0 aliphatic rings. The molecule has 8 heavy (non-hydrogen) atoms. The van der Waals surface area contributed by atoms with E-state index in [9.17, 15) is 0 Å². The Bertz CT molecular complexity index is 68.3. The molecule has 3 nitrogen and oxygen atoms in total. The molecule has 0 amide bonds. The molecule has 4 N–H and O–H groups in total. The van der Waals surface area contributed by atoms with Gasteiger partial charge in [-0.05, 0) is 6.20 Å². The van der Waals surface area contributed by atoms with Gasteiger partial charge < -0.3 is 15.8 Å². The smallest absolute Gasteiger partial charge is 0.427 e. The van der Waals surface area contributed by atoms with Gasteiger partial charge in [0.25, 0.3) is 0 Å². The molecular formula is C3H9BBrNO2. The molecule has 0 atom stereocenters. The molecule has 0 unspecified atom stereocenters. The Morgan fingerprint density at radius 1 is 1.50 bits per heavy atom. The monoisotopic (exact) mass is 181 g/mol. The van der Waals surface area contributed by atoms with Crippen molar-refractivity contribution >= 4 is 24.1 Å². The standard InChI is InChI=1S/C3H8BNO2.BrH/c5-3-1-2-4(6)7;/h1,3,6-7H,2,5H2;1H/b3-1+;. The molecule has 0 aromatic rings. The summed E-state index contributed by atoms with van der Waals surface area (Å²) in [6.07, 6.45) is 2.96. The molecule has 0 bridgehead atoms. The van der Waals surface area contributed by atoms with Crippen molar-refractivity contribution < 1.29 is 10.0 Å². The minimum absolute atomic E-state index is 0. The van der Waals surface area contributed by atoms with E-state index in [-0.39, 0.29) is 23.3 Å². The van der Waals surface area contributed by atoms with Gasteiger partial charge in [0.05, 0.1) is 0 Å². The van der Waals surface area contributed by atoms with Crippen molar-refractivity contribution in [1.29, 1.82) is 0 Å². The van der Waals surface area contributed by atoms with E-state index in [1.807, 2.05) is 0 Å². The zero-order chi connectivity index (χ0) is 5.70. The van der Waals surface area contributed by atoms with E-state index < -0.39 is 7.12 Å². The van der Waals surface area contributed by atoms with Crippen LogP contribution in [0.4, 0.5) is 0 Å². The quantitative estimate of drug-likeness (QED) is 0.504. The van der Waals surface area contributed by atoms with Gasteiger partial charge in [-0.2, -0.15) is 0 Å². The number of hydrogen-bond donors (Lipinski definition) is 3. The number of allylic oxidation sites excluding steroid dienone is 1. The Balaban J connectivity index is 0. The molecule has 48 valence electrons. The van der Waals surface area contributed by atoms with Gasteiger partial charge in [-0.25, -0.2) is 0 Å². The highest BCUT2D eigenvalue weighted by Crippen LogP contribution is 1.81. The first-order chi connectivity index (χ1) is 3.27. The van der Waals surface area contributed by atoms with E-state index in [0.717, 1.165) is 0 Å². The Hall–Kier alpha value is 0.00494. The summed E-state index contributed by atoms with van der Waals surface area (Å²) in [5.41, 5.74) is 4.87. The molecule has 0 radical (unpaired) electrons. The van der Waals surface area contributed by atoms with Crippen LogP contribution in [0.3, 0.4) is 0 Å². The van der Waals surface area contributed by atoms with Crippen molar-refractivity contribution in [3.8, 4) is 0 Å². The maximum atomic E-state index is 8.13. The van der Waals surface area contributed by atoms with Gasteiger partial charge in [-0.15, -0.1) is 17.0 Å². The van der Waals surface area contributed by atoms with Crippen molar-refractivity contribution in [2.45, 2.75) is 6.32 Å². The van der Waals surface area contributed by atoms with Crippen molar-refractivity contribution in [3.05, 3.63) is 12.3 Å². The summed E-state index contributed by atoms with van der Waals surface area (Å²) in [5, 5.41) is 16.3. The summed E-state index contributed by atoms with van der Waals surface area (Å²) < 4.78 is 0. The topological polar surface area (TPSA) is 66.5 Å². The van der Waals surface area contributed by atoms with E-state index in [1.54, 1.807) is 0 Å². The Morgan fingerprint density at radius 2 is 2.00 bits per heavy atom. The first-order valence-corrected chi connectivity index (χ1v) is 2.00. The molecule has 0 fully saturated rings. The second-order valence-corrected chi connectivity index (χ2v) is 1.14. The van der Waals surface area contributed by atoms with Crippen molar-refractivity contribution in [2.75, 3.05) is 0 Å². The number of halogens is 1. The summed E-state index contributed by atoms with van der Waals surface area (Å²) in [6, 6.07) is 0. The number of rotatable bonds is 2. The SMILES string of the molecule is Br.N/C=C/CB(O)O. The molecule has 0 saturated carbocycles. The van der Waals surface area contributed by atoms with E-state index in [1.165, 1.54) is 12.3 Å². The Morgan fingerprint density at radius 3 is 2.12 bits per heavy atom. The lowest BCUT2D eigenvalue weighted by Crippen LogP contribution is -2.07. The maximum absolute atomic E-state index is 8.13. The lowest BCUT2D eigenvalue weighted by atomic mass is 9.87. The van der Waals surface area contributed by atoms with Gasteiger partial charge in [0.15, 0.2) is 0 Å². The fourth-order valence-corrected chi connectivity index (χ4v) is 0.200. The molecule has 0 aromatic carbocycles. The molecule has 0 spiro atoms. The van der Waals surface area contributed by atoms with Crippen LogP contribution < -0.4 is 5.73 Å². The first-order valence-electron chi connectivity index (χ1n) is 2.00. The van der Waals surface area contributed by atoms with Gasteiger partial charge in [-0.1, -0.05) is 6.08 Å². The van der Waals surface area contributed by atoms with Crippen LogP contribution in [0.2, 0.25) is 6.32 Å². The molecule has 0 aliphatic heterocycles. The van der Waals surface area contributed by atoms with E-state index in [0.29, 0.717) is 0 Å². The van der Waals surface area contributed by atoms with Crippen LogP contribution in [-0.4, -0.2) is 17.2 Å². The van der Waals surface area contributed by atoms with Crippen molar-refractivity contribution in [1.82, 2.24) is 0 Å². The lowest BCUT2D eigenvalue weighted by molar-refractivity contribution is 0.411. The first kappa shape index (κ1) is 10.9. The molecular weight excluding hydrogens is 173 g/mol. The largest absolute Gasteiger partial charge is 0.455 e. The van der Waals surface area contributed by atoms with Gasteiger partial charge in [0.2, 0.25) is 0 Å². The van der Waals surface area contributed by atoms with Gasteiger partial charge in [-0.3, -0.25) is 0 Å². The summed E-state index contributed by atoms with van der Waals surface area (Å²) >= 11 is 0. The third-order valence-electron chi connectivity index (χ3n) is 0.483. The Labute approximate surface area is 59.1 Å². The third kappa shape index (κ3) is 9.38. The fourth-order valence-electron chi connectivity index (χ4n) is 0.200. The van der Waals surface area contributed by atoms with Gasteiger partial charge in [0, 0.05) is 6.32 Å². The van der Waals surface area contributed by atoms with Crippen LogP contribution in [0.25, 0.3) is 0 Å². The van der Waals surface area contributed by atoms with E-state index in [2.05, 4.69) is 0 Å². The highest BCUT2D eigenvalue weighted by atomic mass is 79.9. The highest BCUT2D eigenvalue weighted by molar-refractivity contribution is 8.93. The van der Waals surface area contributed by atoms with Crippen LogP contribution in [0.15, 0.2) is 12.3 Å². The van der Waals surface area contributed by atoms with E-state index in [4.69, 9.17) is 15.8 Å². The molecule has 0 aromatic heterocycles. The summed E-state index contributed by atoms with van der Waals surface area (Å²) in [7, 11) is -1.26. The molecule has 0 heterocycles. The lowest BCUT2D eigenvalue weighted by Gasteiger charge is -1.85. The maximum Gasteiger partial charge on any atom is 0.455 e. The van der Waals surface area contributed by atoms with Crippen LogP contribution in [0, 0.1) is 0 Å². The molecule has 0 aliphatic carbocycles. The van der Waals surface area contributed by atoms with Crippen LogP contribution in [0.1, 0.15) is 0 Å². The number of nitrogens with two attached hydrogens (primary N) is 1. The minimum atomic E-state index is -1.26. The summed E-state index contributed by atoms with van der Waals surface area (Å²) in [5.74, 6) is 0. The predicted octanol–water partition coefficient (Wildman–Crippen LogP) is -0.490. The second kappa shape index (κ2) is 7.00. The van der Waals surface area contributed by atoms with Crippen LogP contribution >= 0.6 is 17.0 Å². The highest BCUT2D eigenvalue weighted by Gasteiger charge is 1.99. The average Bonchev–Trinajstić information content (AvgIpc) is 1.61. The predicted molar refractivity (Wildman–Crippen MR) is 38.6 cm³/mol. The van der Waals surface area contributed by atoms with Gasteiger partial charge in [0.1, 0.15) is 0 Å². The molecule has 0 saturated heterocycles. The fraction of sp³-hybridized carbons (Fsp3) is 0.333. The Kier molecular flexibility index (Phi) is 9.54. The summed E-state index contributed by atoms with van der Waals surface area (Å²) in [6.45, 7) is 0. The zero-order valence-electron chi connectivity index (χ0n) is 4.32. The molecule has 0 rings (SSSR count). The zero-order valence-corrected chi connectivity index (χ0v) is 6.03. The number of hydrogen-bond acceptors (Lipinski definition) is 3. The third-order valence-corrected chi connectivity index (χ3v) is 0.483. The average molecular weight is 182 g/mol. The minimum Gasteiger partial charge on any atom is -0.427 e. The normalized spacial score (nSPS) is 8.75. The van der Waals surface area contributed by atoms with Gasteiger partial charge >= 0.3 is 7.12 Å².